The van der Waals surface area contributed by atoms with Crippen LogP contribution in [0.25, 0.3) is 0 Å². The number of esters is 1. The van der Waals surface area contributed by atoms with Crippen molar-refractivity contribution in [3.8, 4) is 0 Å². The van der Waals surface area contributed by atoms with Gasteiger partial charge in [-0.2, -0.15) is 0 Å². The Hall–Kier alpha value is -1.35. The minimum Gasteiger partial charge on any atom is -0.465 e. The molecule has 0 bridgehead atoms. The first kappa shape index (κ1) is 11.7. The van der Waals surface area contributed by atoms with Crippen molar-refractivity contribution in [2.45, 2.75) is 25.8 Å². The molecule has 0 saturated heterocycles. The molecule has 2 atom stereocenters. The normalized spacial score (nSPS) is 14.3. The van der Waals surface area contributed by atoms with Crippen molar-refractivity contribution >= 4 is 5.97 Å². The summed E-state index contributed by atoms with van der Waals surface area (Å²) in [5, 5.41) is 0. The van der Waals surface area contributed by atoms with E-state index in [0.717, 1.165) is 5.56 Å². The highest BCUT2D eigenvalue weighted by atomic mass is 16.5. The highest BCUT2D eigenvalue weighted by Gasteiger charge is 2.22. The maximum atomic E-state index is 11.4. The maximum Gasteiger partial charge on any atom is 0.323 e. The van der Waals surface area contributed by atoms with Crippen LogP contribution in [0.3, 0.4) is 0 Å². The first-order valence-corrected chi connectivity index (χ1v) is 5.14. The largest absolute Gasteiger partial charge is 0.465 e. The van der Waals surface area contributed by atoms with Crippen LogP contribution in [0.15, 0.2) is 30.3 Å². The third-order valence-corrected chi connectivity index (χ3v) is 2.42. The van der Waals surface area contributed by atoms with Crippen LogP contribution < -0.4 is 5.73 Å². The molecule has 0 aliphatic rings. The van der Waals surface area contributed by atoms with Crippen LogP contribution in [0.1, 0.15) is 25.3 Å². The summed E-state index contributed by atoms with van der Waals surface area (Å²) in [5.74, 6) is -0.362. The number of carbonyl (C=O) groups is 1. The molecular weight excluding hydrogens is 190 g/mol. The lowest BCUT2D eigenvalue weighted by molar-refractivity contribution is -0.145. The van der Waals surface area contributed by atoms with Gasteiger partial charge >= 0.3 is 5.97 Å². The molecule has 0 unspecified atom stereocenters. The third kappa shape index (κ3) is 3.06. The van der Waals surface area contributed by atoms with E-state index in [1.807, 2.05) is 37.3 Å². The summed E-state index contributed by atoms with van der Waals surface area (Å²) < 4.78 is 4.88. The Kier molecular flexibility index (Phi) is 4.31. The zero-order chi connectivity index (χ0) is 11.3. The van der Waals surface area contributed by atoms with E-state index < -0.39 is 6.04 Å². The number of hydrogen-bond acceptors (Lipinski definition) is 3. The first-order valence-electron chi connectivity index (χ1n) is 5.14. The van der Waals surface area contributed by atoms with Crippen LogP contribution >= 0.6 is 0 Å². The molecule has 1 aromatic rings. The number of hydrogen-bond donors (Lipinski definition) is 1. The second-order valence-corrected chi connectivity index (χ2v) is 3.48. The lowest BCUT2D eigenvalue weighted by Crippen LogP contribution is -2.37. The van der Waals surface area contributed by atoms with Crippen LogP contribution in [-0.4, -0.2) is 18.6 Å². The van der Waals surface area contributed by atoms with Gasteiger partial charge in [-0.05, 0) is 12.5 Å². The van der Waals surface area contributed by atoms with Crippen LogP contribution in [0.2, 0.25) is 0 Å². The minimum absolute atomic E-state index is 0.0229. The molecule has 3 heteroatoms. The van der Waals surface area contributed by atoms with Gasteiger partial charge in [0.2, 0.25) is 0 Å². The van der Waals surface area contributed by atoms with Crippen molar-refractivity contribution in [1.82, 2.24) is 0 Å². The van der Waals surface area contributed by atoms with Crippen molar-refractivity contribution in [1.29, 1.82) is 0 Å². The molecule has 1 aromatic carbocycles. The lowest BCUT2D eigenvalue weighted by Gasteiger charge is -2.18. The summed E-state index contributed by atoms with van der Waals surface area (Å²) in [5.41, 5.74) is 6.86. The molecule has 0 radical (unpaired) electrons. The Labute approximate surface area is 90.2 Å². The fourth-order valence-electron chi connectivity index (χ4n) is 1.41. The quantitative estimate of drug-likeness (QED) is 0.764. The van der Waals surface area contributed by atoms with Gasteiger partial charge in [-0.15, -0.1) is 0 Å². The molecule has 2 N–H and O–H groups in total. The van der Waals surface area contributed by atoms with E-state index in [4.69, 9.17) is 10.5 Å². The Bertz CT molecular complexity index is 311. The average Bonchev–Trinajstić information content (AvgIpc) is 2.28. The number of benzene rings is 1. The third-order valence-electron chi connectivity index (χ3n) is 2.42. The first-order chi connectivity index (χ1) is 7.16. The summed E-state index contributed by atoms with van der Waals surface area (Å²) >= 11 is 0. The molecule has 0 fully saturated rings. The van der Waals surface area contributed by atoms with Crippen molar-refractivity contribution < 1.29 is 9.53 Å². The van der Waals surface area contributed by atoms with Crippen LogP contribution in [0, 0.1) is 0 Å². The van der Waals surface area contributed by atoms with Crippen molar-refractivity contribution in [3.63, 3.8) is 0 Å². The Morgan fingerprint density at radius 3 is 2.53 bits per heavy atom. The van der Waals surface area contributed by atoms with E-state index in [1.165, 1.54) is 0 Å². The zero-order valence-electron chi connectivity index (χ0n) is 9.14. The van der Waals surface area contributed by atoms with Gasteiger partial charge in [-0.1, -0.05) is 37.3 Å². The van der Waals surface area contributed by atoms with Gasteiger partial charge in [0, 0.05) is 5.92 Å². The molecule has 82 valence electrons. The summed E-state index contributed by atoms with van der Waals surface area (Å²) in [6.45, 7) is 4.07. The number of rotatable bonds is 4. The summed E-state index contributed by atoms with van der Waals surface area (Å²) in [6, 6.07) is 9.14. The van der Waals surface area contributed by atoms with Crippen molar-refractivity contribution in [3.05, 3.63) is 35.9 Å². The summed E-state index contributed by atoms with van der Waals surface area (Å²) in [7, 11) is 0. The van der Waals surface area contributed by atoms with Gasteiger partial charge in [0.05, 0.1) is 6.61 Å². The molecule has 0 aliphatic carbocycles. The number of nitrogens with two attached hydrogens (primary N) is 1. The number of carbonyl (C=O) groups excluding carboxylic acids is 1. The molecule has 3 nitrogen and oxygen atoms in total. The molecule has 1 rings (SSSR count). The SMILES string of the molecule is CCOC(=O)[C@H](N)[C@H](C)c1ccccc1. The fourth-order valence-corrected chi connectivity index (χ4v) is 1.41. The van der Waals surface area contributed by atoms with E-state index in [9.17, 15) is 4.79 Å². The second kappa shape index (κ2) is 5.51. The summed E-state index contributed by atoms with van der Waals surface area (Å²) in [4.78, 5) is 11.4. The Morgan fingerprint density at radius 2 is 2.00 bits per heavy atom. The average molecular weight is 207 g/mol. The van der Waals surface area contributed by atoms with E-state index in [-0.39, 0.29) is 11.9 Å². The second-order valence-electron chi connectivity index (χ2n) is 3.48. The van der Waals surface area contributed by atoms with E-state index >= 15 is 0 Å². The summed E-state index contributed by atoms with van der Waals surface area (Å²) in [6.07, 6.45) is 0. The molecule has 15 heavy (non-hydrogen) atoms. The van der Waals surface area contributed by atoms with Crippen molar-refractivity contribution in [2.24, 2.45) is 5.73 Å². The Balaban J connectivity index is 2.68. The van der Waals surface area contributed by atoms with Gasteiger partial charge in [0.1, 0.15) is 6.04 Å². The van der Waals surface area contributed by atoms with Gasteiger partial charge in [-0.3, -0.25) is 4.79 Å². The van der Waals surface area contributed by atoms with Crippen LogP contribution in [-0.2, 0) is 9.53 Å². The van der Waals surface area contributed by atoms with Gasteiger partial charge in [0.15, 0.2) is 0 Å². The number of ether oxygens (including phenoxy) is 1. The highest BCUT2D eigenvalue weighted by Crippen LogP contribution is 2.18. The van der Waals surface area contributed by atoms with Crippen LogP contribution in [0.4, 0.5) is 0 Å². The van der Waals surface area contributed by atoms with Gasteiger partial charge in [-0.25, -0.2) is 0 Å². The molecule has 0 aliphatic heterocycles. The molecule has 0 spiro atoms. The standard InChI is InChI=1S/C12H17NO2/c1-3-15-12(14)11(13)9(2)10-7-5-4-6-8-10/h4-9,11H,3,13H2,1-2H3/t9-,11-/m1/s1. The topological polar surface area (TPSA) is 52.3 Å². The van der Waals surface area contributed by atoms with E-state index in [2.05, 4.69) is 0 Å². The molecule has 0 aromatic heterocycles. The van der Waals surface area contributed by atoms with Gasteiger partial charge < -0.3 is 10.5 Å². The lowest BCUT2D eigenvalue weighted by atomic mass is 9.94. The maximum absolute atomic E-state index is 11.4. The smallest absolute Gasteiger partial charge is 0.323 e. The van der Waals surface area contributed by atoms with E-state index in [1.54, 1.807) is 6.92 Å². The minimum atomic E-state index is -0.590. The fraction of sp³-hybridized carbons (Fsp3) is 0.417. The molecular formula is C12H17NO2. The van der Waals surface area contributed by atoms with Crippen LogP contribution in [0.5, 0.6) is 0 Å². The zero-order valence-corrected chi connectivity index (χ0v) is 9.14. The molecule has 0 amide bonds. The van der Waals surface area contributed by atoms with E-state index in [0.29, 0.717) is 6.61 Å². The Morgan fingerprint density at radius 1 is 1.40 bits per heavy atom. The predicted octanol–water partition coefficient (Wildman–Crippen LogP) is 1.68. The molecule has 0 heterocycles. The molecule has 0 saturated carbocycles. The van der Waals surface area contributed by atoms with Crippen molar-refractivity contribution in [2.75, 3.05) is 6.61 Å². The van der Waals surface area contributed by atoms with Gasteiger partial charge in [0.25, 0.3) is 0 Å². The highest BCUT2D eigenvalue weighted by molar-refractivity contribution is 5.76. The predicted molar refractivity (Wildman–Crippen MR) is 59.5 cm³/mol. The monoisotopic (exact) mass is 207 g/mol.